The highest BCUT2D eigenvalue weighted by Crippen LogP contribution is 2.21. The second kappa shape index (κ2) is 7.41. The van der Waals surface area contributed by atoms with E-state index in [0.29, 0.717) is 5.39 Å². The minimum absolute atomic E-state index is 0.0793. The Hall–Kier alpha value is -2.48. The van der Waals surface area contributed by atoms with Gasteiger partial charge in [-0.3, -0.25) is 14.6 Å². The molecule has 0 radical (unpaired) electrons. The van der Waals surface area contributed by atoms with E-state index in [1.807, 2.05) is 38.5 Å². The highest BCUT2D eigenvalue weighted by molar-refractivity contribution is 7.90. The zero-order chi connectivity index (χ0) is 19.5. The quantitative estimate of drug-likeness (QED) is 0.828. The topological polar surface area (TPSA) is 105 Å². The molecule has 1 aromatic heterocycles. The van der Waals surface area contributed by atoms with Gasteiger partial charge in [-0.1, -0.05) is 32.9 Å². The van der Waals surface area contributed by atoms with Crippen LogP contribution in [0.1, 0.15) is 32.8 Å². The number of benzene rings is 1. The summed E-state index contributed by atoms with van der Waals surface area (Å²) in [6.45, 7) is 7.13. The molecule has 0 atom stereocenters. The summed E-state index contributed by atoms with van der Waals surface area (Å²) in [4.78, 5) is 27.8. The molecule has 0 bridgehead atoms. The molecule has 2 rings (SSSR count). The molecule has 26 heavy (non-hydrogen) atoms. The van der Waals surface area contributed by atoms with Crippen molar-refractivity contribution in [1.82, 2.24) is 15.0 Å². The fraction of sp³-hybridized carbons (Fsp3) is 0.389. The van der Waals surface area contributed by atoms with Crippen molar-refractivity contribution in [2.24, 2.45) is 5.41 Å². The minimum Gasteiger partial charge on any atom is -0.347 e. The van der Waals surface area contributed by atoms with Crippen LogP contribution in [-0.4, -0.2) is 31.8 Å². The van der Waals surface area contributed by atoms with E-state index < -0.39 is 22.5 Å². The number of nitrogens with one attached hydrogen (secondary N) is 2. The van der Waals surface area contributed by atoms with Gasteiger partial charge in [-0.25, -0.2) is 13.1 Å². The molecule has 1 aromatic carbocycles. The van der Waals surface area contributed by atoms with Gasteiger partial charge in [0.1, 0.15) is 4.90 Å². The molecule has 140 valence electrons. The van der Waals surface area contributed by atoms with Crippen molar-refractivity contribution in [3.05, 3.63) is 36.0 Å². The van der Waals surface area contributed by atoms with Crippen molar-refractivity contribution < 1.29 is 18.0 Å². The van der Waals surface area contributed by atoms with Gasteiger partial charge in [-0.2, -0.15) is 0 Å². The van der Waals surface area contributed by atoms with Gasteiger partial charge in [-0.05, 0) is 30.0 Å². The van der Waals surface area contributed by atoms with Crippen molar-refractivity contribution >= 4 is 32.7 Å². The predicted octanol–water partition coefficient (Wildman–Crippen LogP) is 1.90. The van der Waals surface area contributed by atoms with Crippen LogP contribution in [0.2, 0.25) is 0 Å². The molecule has 0 saturated carbocycles. The van der Waals surface area contributed by atoms with Crippen molar-refractivity contribution in [1.29, 1.82) is 0 Å². The molecule has 0 aliphatic carbocycles. The molecule has 1 heterocycles. The van der Waals surface area contributed by atoms with E-state index >= 15 is 0 Å². The van der Waals surface area contributed by atoms with Crippen LogP contribution in [0, 0.1) is 12.3 Å². The Kier molecular flexibility index (Phi) is 5.65. The Morgan fingerprint density at radius 3 is 2.50 bits per heavy atom. The van der Waals surface area contributed by atoms with Gasteiger partial charge in [0.25, 0.3) is 15.9 Å². The van der Waals surface area contributed by atoms with Crippen LogP contribution in [0.5, 0.6) is 0 Å². The molecular weight excluding hydrogens is 354 g/mol. The van der Waals surface area contributed by atoms with Crippen molar-refractivity contribution in [2.75, 3.05) is 6.54 Å². The van der Waals surface area contributed by atoms with Gasteiger partial charge in [0.2, 0.25) is 5.91 Å². The number of carbonyl (C=O) groups is 2. The molecular formula is C18H23N3O4S. The summed E-state index contributed by atoms with van der Waals surface area (Å²) in [5, 5.41) is 3.09. The van der Waals surface area contributed by atoms with Gasteiger partial charge in [0.15, 0.2) is 0 Å². The number of hydrogen-bond acceptors (Lipinski definition) is 5. The van der Waals surface area contributed by atoms with E-state index in [9.17, 15) is 18.0 Å². The number of pyridine rings is 1. The molecule has 2 aromatic rings. The van der Waals surface area contributed by atoms with Crippen LogP contribution >= 0.6 is 0 Å². The third-order valence-corrected chi connectivity index (χ3v) is 4.89. The molecule has 0 aliphatic heterocycles. The lowest BCUT2D eigenvalue weighted by Gasteiger charge is -2.17. The largest absolute Gasteiger partial charge is 0.347 e. The van der Waals surface area contributed by atoms with Crippen LogP contribution in [-0.2, 0) is 19.6 Å². The second-order valence-electron chi connectivity index (χ2n) is 7.38. The second-order valence-corrected chi connectivity index (χ2v) is 9.03. The van der Waals surface area contributed by atoms with Crippen LogP contribution in [0.15, 0.2) is 35.4 Å². The highest BCUT2D eigenvalue weighted by atomic mass is 32.2. The first-order chi connectivity index (χ1) is 12.0. The number of amides is 2. The molecule has 0 unspecified atom stereocenters. The lowest BCUT2D eigenvalue weighted by molar-refractivity contribution is -0.126. The molecule has 8 heteroatoms. The maximum atomic E-state index is 12.5. The SMILES string of the molecule is Cc1cnc2c(S(=O)(=O)NC(=O)CNC(=O)CC(C)(C)C)cccc2c1. The molecule has 2 amide bonds. The summed E-state index contributed by atoms with van der Waals surface area (Å²) >= 11 is 0. The van der Waals surface area contributed by atoms with Gasteiger partial charge < -0.3 is 5.32 Å². The summed E-state index contributed by atoms with van der Waals surface area (Å²) in [6.07, 6.45) is 1.80. The van der Waals surface area contributed by atoms with Crippen LogP contribution < -0.4 is 10.0 Å². The Labute approximate surface area is 153 Å². The Morgan fingerprint density at radius 1 is 1.15 bits per heavy atom. The van der Waals surface area contributed by atoms with E-state index in [1.165, 1.54) is 6.07 Å². The average Bonchev–Trinajstić information content (AvgIpc) is 2.50. The standard InChI is InChI=1S/C18H23N3O4S/c1-12-8-13-6-5-7-14(17(13)20-10-12)26(24,25)21-16(23)11-19-15(22)9-18(2,3)4/h5-8,10H,9,11H2,1-4H3,(H,19,22)(H,21,23). The molecule has 2 N–H and O–H groups in total. The minimum atomic E-state index is -4.10. The number of fused-ring (bicyclic) bond motifs is 1. The molecule has 7 nitrogen and oxygen atoms in total. The summed E-state index contributed by atoms with van der Waals surface area (Å²) in [5.74, 6) is -1.12. The highest BCUT2D eigenvalue weighted by Gasteiger charge is 2.22. The summed E-state index contributed by atoms with van der Waals surface area (Å²) in [6, 6.07) is 6.55. The van der Waals surface area contributed by atoms with Gasteiger partial charge >= 0.3 is 0 Å². The Morgan fingerprint density at radius 2 is 1.85 bits per heavy atom. The summed E-state index contributed by atoms with van der Waals surface area (Å²) in [7, 11) is -4.10. The Bertz CT molecular complexity index is 947. The van der Waals surface area contributed by atoms with E-state index in [4.69, 9.17) is 0 Å². The van der Waals surface area contributed by atoms with Crippen molar-refractivity contribution in [3.8, 4) is 0 Å². The number of hydrogen-bond donors (Lipinski definition) is 2. The van der Waals surface area contributed by atoms with Crippen LogP contribution in [0.3, 0.4) is 0 Å². The normalized spacial score (nSPS) is 12.0. The maximum Gasteiger partial charge on any atom is 0.266 e. The maximum absolute atomic E-state index is 12.5. The van der Waals surface area contributed by atoms with Gasteiger partial charge in [-0.15, -0.1) is 0 Å². The fourth-order valence-electron chi connectivity index (χ4n) is 2.42. The van der Waals surface area contributed by atoms with Gasteiger partial charge in [0.05, 0.1) is 12.1 Å². The number of rotatable bonds is 5. The van der Waals surface area contributed by atoms with Crippen molar-refractivity contribution in [2.45, 2.75) is 39.0 Å². The smallest absolute Gasteiger partial charge is 0.266 e. The first kappa shape index (κ1) is 19.8. The fourth-order valence-corrected chi connectivity index (χ4v) is 3.59. The van der Waals surface area contributed by atoms with Crippen LogP contribution in [0.4, 0.5) is 0 Å². The van der Waals surface area contributed by atoms with Crippen molar-refractivity contribution in [3.63, 3.8) is 0 Å². The zero-order valence-corrected chi connectivity index (χ0v) is 16.1. The lowest BCUT2D eigenvalue weighted by atomic mass is 9.92. The third kappa shape index (κ3) is 5.26. The number of nitrogens with zero attached hydrogens (tertiary/aromatic N) is 1. The number of aromatic nitrogens is 1. The first-order valence-corrected chi connectivity index (χ1v) is 9.64. The van der Waals surface area contributed by atoms with E-state index in [2.05, 4.69) is 10.3 Å². The summed E-state index contributed by atoms with van der Waals surface area (Å²) < 4.78 is 27.0. The molecule has 0 fully saturated rings. The predicted molar refractivity (Wildman–Crippen MR) is 98.9 cm³/mol. The average molecular weight is 377 g/mol. The first-order valence-electron chi connectivity index (χ1n) is 8.16. The van der Waals surface area contributed by atoms with E-state index in [0.717, 1.165) is 5.56 Å². The number of para-hydroxylation sites is 1. The third-order valence-electron chi connectivity index (χ3n) is 3.49. The monoisotopic (exact) mass is 377 g/mol. The number of sulfonamides is 1. The lowest BCUT2D eigenvalue weighted by Crippen LogP contribution is -2.40. The molecule has 0 aliphatic rings. The van der Waals surface area contributed by atoms with E-state index in [-0.39, 0.29) is 28.2 Å². The number of carbonyl (C=O) groups excluding carboxylic acids is 2. The summed E-state index contributed by atoms with van der Waals surface area (Å²) in [5.41, 5.74) is 0.965. The zero-order valence-electron chi connectivity index (χ0n) is 15.3. The van der Waals surface area contributed by atoms with E-state index in [1.54, 1.807) is 18.3 Å². The Balaban J connectivity index is 2.12. The van der Waals surface area contributed by atoms with Crippen LogP contribution in [0.25, 0.3) is 10.9 Å². The van der Waals surface area contributed by atoms with Gasteiger partial charge in [0, 0.05) is 18.0 Å². The molecule has 0 spiro atoms. The molecule has 0 saturated heterocycles. The number of aryl methyl sites for hydroxylation is 1.